The summed E-state index contributed by atoms with van der Waals surface area (Å²) in [6.07, 6.45) is 3.15. The van der Waals surface area contributed by atoms with Gasteiger partial charge in [0.25, 0.3) is 5.56 Å². The Morgan fingerprint density at radius 3 is 3.05 bits per heavy atom. The molecule has 0 radical (unpaired) electrons. The second-order valence-corrected chi connectivity index (χ2v) is 6.90. The molecule has 0 bridgehead atoms. The summed E-state index contributed by atoms with van der Waals surface area (Å²) >= 11 is 2.66. The number of thiophene rings is 1. The van der Waals surface area contributed by atoms with Gasteiger partial charge in [-0.25, -0.2) is 9.78 Å². The largest absolute Gasteiger partial charge is 0.458 e. The molecule has 7 heteroatoms. The Bertz CT molecular complexity index is 764. The summed E-state index contributed by atoms with van der Waals surface area (Å²) in [4.78, 5) is 30.7. The lowest BCUT2D eigenvalue weighted by molar-refractivity contribution is 0.181. The van der Waals surface area contributed by atoms with E-state index < -0.39 is 0 Å². The third kappa shape index (κ3) is 2.60. The maximum absolute atomic E-state index is 12.5. The van der Waals surface area contributed by atoms with Crippen molar-refractivity contribution in [1.82, 2.24) is 9.55 Å². The molecular weight excluding hydrogens is 308 g/mol. The molecule has 0 atom stereocenters. The molecule has 0 saturated heterocycles. The van der Waals surface area contributed by atoms with Gasteiger partial charge in [-0.15, -0.1) is 11.3 Å². The summed E-state index contributed by atoms with van der Waals surface area (Å²) in [6, 6.07) is 0. The molecule has 1 aliphatic rings. The van der Waals surface area contributed by atoms with Gasteiger partial charge >= 0.3 is 5.30 Å². The van der Waals surface area contributed by atoms with Gasteiger partial charge < -0.3 is 4.74 Å². The minimum absolute atomic E-state index is 0.00106. The van der Waals surface area contributed by atoms with Crippen LogP contribution >= 0.6 is 23.1 Å². The van der Waals surface area contributed by atoms with Crippen molar-refractivity contribution in [1.29, 1.82) is 0 Å². The third-order valence-corrected chi connectivity index (χ3v) is 5.56. The number of thioether (sulfide) groups is 1. The first-order valence-corrected chi connectivity index (χ1v) is 8.71. The second-order valence-electron chi connectivity index (χ2n) is 4.90. The molecule has 112 valence electrons. The fourth-order valence-corrected chi connectivity index (χ4v) is 4.56. The molecule has 2 aromatic heterocycles. The molecule has 5 nitrogen and oxygen atoms in total. The van der Waals surface area contributed by atoms with Crippen LogP contribution in [0, 0.1) is 0 Å². The van der Waals surface area contributed by atoms with Crippen molar-refractivity contribution >= 4 is 38.6 Å². The normalized spacial score (nSPS) is 13.6. The van der Waals surface area contributed by atoms with Crippen LogP contribution in [0.1, 0.15) is 29.6 Å². The molecule has 0 unspecified atom stereocenters. The van der Waals surface area contributed by atoms with Crippen LogP contribution in [0.25, 0.3) is 10.2 Å². The summed E-state index contributed by atoms with van der Waals surface area (Å²) in [5.41, 5.74) is 1.19. The van der Waals surface area contributed by atoms with E-state index in [2.05, 4.69) is 4.98 Å². The number of rotatable bonds is 3. The van der Waals surface area contributed by atoms with Crippen molar-refractivity contribution in [3.05, 3.63) is 26.6 Å². The van der Waals surface area contributed by atoms with Gasteiger partial charge in [-0.05, 0) is 43.5 Å². The number of ether oxygens (including phenoxy) is 1. The van der Waals surface area contributed by atoms with Crippen LogP contribution in [0.15, 0.2) is 4.79 Å². The highest BCUT2D eigenvalue weighted by atomic mass is 32.2. The van der Waals surface area contributed by atoms with E-state index in [9.17, 15) is 9.59 Å². The Kier molecular flexibility index (Phi) is 4.03. The smallest absolute Gasteiger partial charge is 0.367 e. The molecule has 1 aliphatic carbocycles. The van der Waals surface area contributed by atoms with Gasteiger partial charge in [-0.3, -0.25) is 9.36 Å². The molecule has 0 N–H and O–H groups in total. The highest BCUT2D eigenvalue weighted by molar-refractivity contribution is 8.12. The topological polar surface area (TPSA) is 61.2 Å². The van der Waals surface area contributed by atoms with Crippen molar-refractivity contribution in [3.8, 4) is 0 Å². The monoisotopic (exact) mass is 324 g/mol. The maximum Gasteiger partial charge on any atom is 0.367 e. The Hall–Kier alpha value is -1.34. The van der Waals surface area contributed by atoms with Gasteiger partial charge in [0, 0.05) is 11.9 Å². The van der Waals surface area contributed by atoms with Crippen LogP contribution in [0.4, 0.5) is 4.79 Å². The van der Waals surface area contributed by atoms with E-state index in [0.717, 1.165) is 41.2 Å². The van der Waals surface area contributed by atoms with Gasteiger partial charge in [0.1, 0.15) is 10.7 Å². The zero-order valence-electron chi connectivity index (χ0n) is 12.0. The highest BCUT2D eigenvalue weighted by Gasteiger charge is 2.22. The van der Waals surface area contributed by atoms with E-state index in [1.807, 2.05) is 0 Å². The zero-order chi connectivity index (χ0) is 15.0. The summed E-state index contributed by atoms with van der Waals surface area (Å²) in [7, 11) is 1.72. The Morgan fingerprint density at radius 1 is 1.48 bits per heavy atom. The minimum Gasteiger partial charge on any atom is -0.458 e. The second kappa shape index (κ2) is 5.81. The molecule has 2 heterocycles. The number of hydrogen-bond donors (Lipinski definition) is 0. The van der Waals surface area contributed by atoms with Crippen molar-refractivity contribution in [3.63, 3.8) is 0 Å². The molecular formula is C14H16N2O3S2. The quantitative estimate of drug-likeness (QED) is 0.813. The van der Waals surface area contributed by atoms with Crippen molar-refractivity contribution in [2.75, 3.05) is 6.61 Å². The lowest BCUT2D eigenvalue weighted by atomic mass is 10.2. The Labute approximate surface area is 130 Å². The van der Waals surface area contributed by atoms with Crippen LogP contribution in [0.2, 0.25) is 0 Å². The molecule has 2 aromatic rings. The van der Waals surface area contributed by atoms with Crippen LogP contribution in [0.5, 0.6) is 0 Å². The number of nitrogens with zero attached hydrogens (tertiary/aromatic N) is 2. The number of carbonyl (C=O) groups excluding carboxylic acids is 1. The van der Waals surface area contributed by atoms with E-state index in [0.29, 0.717) is 18.2 Å². The van der Waals surface area contributed by atoms with Gasteiger partial charge in [0.05, 0.1) is 17.7 Å². The molecule has 0 saturated carbocycles. The predicted molar refractivity (Wildman–Crippen MR) is 85.2 cm³/mol. The summed E-state index contributed by atoms with van der Waals surface area (Å²) in [6.45, 7) is 2.13. The number of aryl methyl sites for hydroxylation is 2. The van der Waals surface area contributed by atoms with Gasteiger partial charge in [-0.2, -0.15) is 0 Å². The first kappa shape index (κ1) is 14.6. The van der Waals surface area contributed by atoms with E-state index in [1.54, 1.807) is 29.9 Å². The van der Waals surface area contributed by atoms with Crippen LogP contribution in [0.3, 0.4) is 0 Å². The third-order valence-electron chi connectivity index (χ3n) is 3.62. The van der Waals surface area contributed by atoms with Crippen LogP contribution < -0.4 is 5.56 Å². The summed E-state index contributed by atoms with van der Waals surface area (Å²) in [5.74, 6) is 0.966. The number of fused-ring (bicyclic) bond motifs is 3. The Morgan fingerprint density at radius 2 is 2.29 bits per heavy atom. The van der Waals surface area contributed by atoms with Gasteiger partial charge in [-0.1, -0.05) is 0 Å². The molecule has 0 aliphatic heterocycles. The van der Waals surface area contributed by atoms with Crippen molar-refractivity contribution in [2.45, 2.75) is 31.9 Å². The fourth-order valence-electron chi connectivity index (χ4n) is 2.58. The molecule has 21 heavy (non-hydrogen) atoms. The predicted octanol–water partition coefficient (Wildman–Crippen LogP) is 2.87. The minimum atomic E-state index is -0.333. The van der Waals surface area contributed by atoms with Gasteiger partial charge in [0.2, 0.25) is 0 Å². The van der Waals surface area contributed by atoms with E-state index in [-0.39, 0.29) is 10.9 Å². The molecule has 3 rings (SSSR count). The molecule has 0 fully saturated rings. The lowest BCUT2D eigenvalue weighted by Crippen LogP contribution is -2.22. The summed E-state index contributed by atoms with van der Waals surface area (Å²) < 4.78 is 6.44. The average Bonchev–Trinajstić information content (AvgIpc) is 3.01. The first-order chi connectivity index (χ1) is 10.1. The standard InChI is InChI=1S/C14H16N2O3S2/c1-3-19-14(18)20-7-10-15-12-11(13(17)16(10)2)8-5-4-6-9(8)21-12/h3-7H2,1-2H3. The number of aromatic nitrogens is 2. The highest BCUT2D eigenvalue weighted by Crippen LogP contribution is 2.34. The SMILES string of the molecule is CCOC(=O)SCc1nc2sc3c(c2c(=O)n1C)CCC3. The molecule has 0 spiro atoms. The van der Waals surface area contributed by atoms with Crippen LogP contribution in [-0.2, 0) is 30.4 Å². The first-order valence-electron chi connectivity index (χ1n) is 6.91. The van der Waals surface area contributed by atoms with Crippen molar-refractivity contribution < 1.29 is 9.53 Å². The molecule has 0 aromatic carbocycles. The number of carbonyl (C=O) groups is 1. The fraction of sp³-hybridized carbons (Fsp3) is 0.500. The van der Waals surface area contributed by atoms with Gasteiger partial charge in [0.15, 0.2) is 0 Å². The zero-order valence-corrected chi connectivity index (χ0v) is 13.6. The van der Waals surface area contributed by atoms with E-state index in [1.165, 1.54) is 10.4 Å². The molecule has 0 amide bonds. The van der Waals surface area contributed by atoms with E-state index >= 15 is 0 Å². The van der Waals surface area contributed by atoms with Crippen molar-refractivity contribution in [2.24, 2.45) is 7.05 Å². The lowest BCUT2D eigenvalue weighted by Gasteiger charge is -2.07. The Balaban J connectivity index is 1.96. The maximum atomic E-state index is 12.5. The summed E-state index contributed by atoms with van der Waals surface area (Å²) in [5, 5.41) is 0.445. The van der Waals surface area contributed by atoms with E-state index in [4.69, 9.17) is 4.74 Å². The van der Waals surface area contributed by atoms with Crippen LogP contribution in [-0.4, -0.2) is 21.5 Å². The number of hydrogen-bond acceptors (Lipinski definition) is 6. The average molecular weight is 324 g/mol.